The predicted octanol–water partition coefficient (Wildman–Crippen LogP) is 4.40. The molecule has 0 aliphatic rings. The molecule has 0 fully saturated rings. The Bertz CT molecular complexity index is 655. The third-order valence-electron chi connectivity index (χ3n) is 3.32. The van der Waals surface area contributed by atoms with Crippen molar-refractivity contribution in [1.29, 1.82) is 0 Å². The molecule has 2 rings (SSSR count). The van der Waals surface area contributed by atoms with Gasteiger partial charge in [-0.1, -0.05) is 29.8 Å². The fourth-order valence-electron chi connectivity index (χ4n) is 2.04. The maximum Gasteiger partial charge on any atom is 0.246 e. The van der Waals surface area contributed by atoms with Crippen LogP contribution in [0.1, 0.15) is 18.1 Å². The van der Waals surface area contributed by atoms with Crippen LogP contribution in [0.25, 0.3) is 0 Å². The average molecular weight is 303 g/mol. The van der Waals surface area contributed by atoms with E-state index in [0.29, 0.717) is 5.02 Å². The number of carbonyl (C=O) groups is 1. The second-order valence-corrected chi connectivity index (χ2v) is 5.54. The van der Waals surface area contributed by atoms with Crippen molar-refractivity contribution in [2.24, 2.45) is 0 Å². The van der Waals surface area contributed by atoms with Crippen molar-refractivity contribution in [3.8, 4) is 0 Å². The molecule has 21 heavy (non-hydrogen) atoms. The number of carbonyl (C=O) groups excluding carboxylic acids is 1. The average Bonchev–Trinajstić information content (AvgIpc) is 2.44. The lowest BCUT2D eigenvalue weighted by Crippen LogP contribution is -2.32. The van der Waals surface area contributed by atoms with Crippen LogP contribution in [-0.4, -0.2) is 11.9 Å². The molecule has 2 N–H and O–H groups in total. The maximum atomic E-state index is 12.2. The number of anilines is 2. The summed E-state index contributed by atoms with van der Waals surface area (Å²) in [6, 6.07) is 13.0. The Morgan fingerprint density at radius 1 is 1.14 bits per heavy atom. The van der Waals surface area contributed by atoms with E-state index in [9.17, 15) is 4.79 Å². The van der Waals surface area contributed by atoms with Crippen LogP contribution < -0.4 is 10.6 Å². The molecule has 0 saturated heterocycles. The SMILES string of the molecule is Cc1cccc(NC(=O)[C@@H](C)Nc2cccc(Cl)c2C)c1. The van der Waals surface area contributed by atoms with Gasteiger partial charge in [0.1, 0.15) is 6.04 Å². The minimum atomic E-state index is -0.359. The number of hydrogen-bond acceptors (Lipinski definition) is 2. The normalized spacial score (nSPS) is 11.8. The van der Waals surface area contributed by atoms with Gasteiger partial charge in [-0.2, -0.15) is 0 Å². The Labute approximate surface area is 130 Å². The van der Waals surface area contributed by atoms with E-state index in [1.165, 1.54) is 0 Å². The molecule has 0 radical (unpaired) electrons. The first kappa shape index (κ1) is 15.4. The lowest BCUT2D eigenvalue weighted by atomic mass is 10.1. The molecular formula is C17H19ClN2O. The minimum Gasteiger partial charge on any atom is -0.374 e. The van der Waals surface area contributed by atoms with Crippen LogP contribution >= 0.6 is 11.6 Å². The summed E-state index contributed by atoms with van der Waals surface area (Å²) >= 11 is 6.08. The van der Waals surface area contributed by atoms with Crippen LogP contribution in [0.4, 0.5) is 11.4 Å². The number of benzene rings is 2. The van der Waals surface area contributed by atoms with E-state index in [1.54, 1.807) is 0 Å². The van der Waals surface area contributed by atoms with Crippen LogP contribution in [0.2, 0.25) is 5.02 Å². The second kappa shape index (κ2) is 6.64. The molecule has 0 spiro atoms. The molecular weight excluding hydrogens is 284 g/mol. The highest BCUT2D eigenvalue weighted by molar-refractivity contribution is 6.31. The fraction of sp³-hybridized carbons (Fsp3) is 0.235. The summed E-state index contributed by atoms with van der Waals surface area (Å²) in [6.45, 7) is 5.74. The van der Waals surface area contributed by atoms with Crippen molar-refractivity contribution >= 4 is 28.9 Å². The van der Waals surface area contributed by atoms with Gasteiger partial charge in [-0.25, -0.2) is 0 Å². The number of hydrogen-bond donors (Lipinski definition) is 2. The van der Waals surface area contributed by atoms with E-state index in [2.05, 4.69) is 10.6 Å². The smallest absolute Gasteiger partial charge is 0.246 e. The highest BCUT2D eigenvalue weighted by Crippen LogP contribution is 2.23. The Morgan fingerprint density at radius 3 is 2.57 bits per heavy atom. The van der Waals surface area contributed by atoms with Crippen LogP contribution in [-0.2, 0) is 4.79 Å². The van der Waals surface area contributed by atoms with E-state index in [4.69, 9.17) is 11.6 Å². The van der Waals surface area contributed by atoms with E-state index < -0.39 is 0 Å². The summed E-state index contributed by atoms with van der Waals surface area (Å²) in [7, 11) is 0. The zero-order chi connectivity index (χ0) is 15.4. The first-order valence-electron chi connectivity index (χ1n) is 6.86. The molecule has 2 aromatic carbocycles. The number of amides is 1. The molecule has 4 heteroatoms. The van der Waals surface area contributed by atoms with E-state index in [0.717, 1.165) is 22.5 Å². The third kappa shape index (κ3) is 3.99. The first-order valence-corrected chi connectivity index (χ1v) is 7.24. The quantitative estimate of drug-likeness (QED) is 0.879. The number of nitrogens with one attached hydrogen (secondary N) is 2. The summed E-state index contributed by atoms with van der Waals surface area (Å²) in [5.74, 6) is -0.0834. The first-order chi connectivity index (χ1) is 9.97. The van der Waals surface area contributed by atoms with E-state index >= 15 is 0 Å². The zero-order valence-electron chi connectivity index (χ0n) is 12.4. The van der Waals surface area contributed by atoms with Crippen molar-refractivity contribution in [3.63, 3.8) is 0 Å². The number of rotatable bonds is 4. The highest BCUT2D eigenvalue weighted by Gasteiger charge is 2.14. The summed E-state index contributed by atoms with van der Waals surface area (Å²) in [5.41, 5.74) is 3.72. The second-order valence-electron chi connectivity index (χ2n) is 5.14. The van der Waals surface area contributed by atoms with Crippen molar-refractivity contribution in [3.05, 3.63) is 58.6 Å². The van der Waals surface area contributed by atoms with Gasteiger partial charge >= 0.3 is 0 Å². The molecule has 0 aliphatic heterocycles. The van der Waals surface area contributed by atoms with Crippen LogP contribution in [0.5, 0.6) is 0 Å². The van der Waals surface area contributed by atoms with Gasteiger partial charge in [-0.15, -0.1) is 0 Å². The van der Waals surface area contributed by atoms with Crippen molar-refractivity contribution in [2.75, 3.05) is 10.6 Å². The third-order valence-corrected chi connectivity index (χ3v) is 3.73. The zero-order valence-corrected chi connectivity index (χ0v) is 13.2. The van der Waals surface area contributed by atoms with Crippen molar-refractivity contribution in [1.82, 2.24) is 0 Å². The largest absolute Gasteiger partial charge is 0.374 e. The van der Waals surface area contributed by atoms with Crippen LogP contribution in [0.3, 0.4) is 0 Å². The predicted molar refractivity (Wildman–Crippen MR) is 89.1 cm³/mol. The van der Waals surface area contributed by atoms with Gasteiger partial charge < -0.3 is 10.6 Å². The highest BCUT2D eigenvalue weighted by atomic mass is 35.5. The van der Waals surface area contributed by atoms with Crippen LogP contribution in [0, 0.1) is 13.8 Å². The summed E-state index contributed by atoms with van der Waals surface area (Å²) in [5, 5.41) is 6.78. The van der Waals surface area contributed by atoms with Crippen molar-refractivity contribution < 1.29 is 4.79 Å². The van der Waals surface area contributed by atoms with Gasteiger partial charge in [-0.3, -0.25) is 4.79 Å². The van der Waals surface area contributed by atoms with Gasteiger partial charge in [0.25, 0.3) is 0 Å². The summed E-state index contributed by atoms with van der Waals surface area (Å²) in [4.78, 5) is 12.2. The number of halogens is 1. The fourth-order valence-corrected chi connectivity index (χ4v) is 2.21. The Kier molecular flexibility index (Phi) is 4.86. The summed E-state index contributed by atoms with van der Waals surface area (Å²) < 4.78 is 0. The van der Waals surface area contributed by atoms with Gasteiger partial charge in [-0.05, 0) is 56.2 Å². The molecule has 0 heterocycles. The minimum absolute atomic E-state index is 0.0834. The van der Waals surface area contributed by atoms with Gasteiger partial charge in [0.05, 0.1) is 0 Å². The van der Waals surface area contributed by atoms with E-state index in [1.807, 2.05) is 63.2 Å². The Hall–Kier alpha value is -2.00. The van der Waals surface area contributed by atoms with Crippen LogP contribution in [0.15, 0.2) is 42.5 Å². The lowest BCUT2D eigenvalue weighted by Gasteiger charge is -2.17. The van der Waals surface area contributed by atoms with Gasteiger partial charge in [0.2, 0.25) is 5.91 Å². The van der Waals surface area contributed by atoms with Gasteiger partial charge in [0, 0.05) is 16.4 Å². The molecule has 3 nitrogen and oxygen atoms in total. The molecule has 0 aromatic heterocycles. The standard InChI is InChI=1S/C17H19ClN2O/c1-11-6-4-7-14(10-11)20-17(21)13(3)19-16-9-5-8-15(18)12(16)2/h4-10,13,19H,1-3H3,(H,20,21)/t13-/m1/s1. The molecule has 1 atom stereocenters. The monoisotopic (exact) mass is 302 g/mol. The molecule has 2 aromatic rings. The molecule has 0 bridgehead atoms. The topological polar surface area (TPSA) is 41.1 Å². The molecule has 0 saturated carbocycles. The van der Waals surface area contributed by atoms with E-state index in [-0.39, 0.29) is 11.9 Å². The van der Waals surface area contributed by atoms with Crippen molar-refractivity contribution in [2.45, 2.75) is 26.8 Å². The Balaban J connectivity index is 2.04. The molecule has 1 amide bonds. The molecule has 110 valence electrons. The number of aryl methyl sites for hydroxylation is 1. The molecule has 0 unspecified atom stereocenters. The summed E-state index contributed by atoms with van der Waals surface area (Å²) in [6.07, 6.45) is 0. The van der Waals surface area contributed by atoms with Gasteiger partial charge in [0.15, 0.2) is 0 Å². The lowest BCUT2D eigenvalue weighted by molar-refractivity contribution is -0.116. The Morgan fingerprint density at radius 2 is 1.86 bits per heavy atom. The maximum absolute atomic E-state index is 12.2. The molecule has 0 aliphatic carbocycles.